The van der Waals surface area contributed by atoms with Crippen LogP contribution >= 0.6 is 0 Å². The van der Waals surface area contributed by atoms with Crippen molar-refractivity contribution in [3.05, 3.63) is 28.1 Å². The van der Waals surface area contributed by atoms with E-state index in [1.54, 1.807) is 7.05 Å². The number of ether oxygens (including phenoxy) is 1. The van der Waals surface area contributed by atoms with Gasteiger partial charge in [0, 0.05) is 25.7 Å². The molecule has 1 aromatic carbocycles. The summed E-state index contributed by atoms with van der Waals surface area (Å²) in [5, 5.41) is 14.1. The van der Waals surface area contributed by atoms with Gasteiger partial charge in [0.15, 0.2) is 11.6 Å². The molecule has 0 spiro atoms. The number of likely N-dealkylation sites (N-methyl/N-ethyl adjacent to an activating group) is 1. The molecular formula is C13H18FN3O3. The van der Waals surface area contributed by atoms with Crippen molar-refractivity contribution in [2.75, 3.05) is 32.1 Å². The van der Waals surface area contributed by atoms with Crippen LogP contribution in [-0.2, 0) is 0 Å². The fourth-order valence-electron chi connectivity index (χ4n) is 2.47. The molecule has 0 bridgehead atoms. The molecule has 1 unspecified atom stereocenters. The standard InChI is InChI=1S/C13H18FN3O3/c1-16(9-4-3-5-15-8-9)11-7-13(20-2)12(17(18)19)6-10(11)14/h6-7,9,15H,3-5,8H2,1-2H3. The van der Waals surface area contributed by atoms with Gasteiger partial charge in [-0.25, -0.2) is 4.39 Å². The first-order valence-electron chi connectivity index (χ1n) is 6.50. The van der Waals surface area contributed by atoms with Crippen LogP contribution in [0.1, 0.15) is 12.8 Å². The largest absolute Gasteiger partial charge is 0.490 e. The van der Waals surface area contributed by atoms with Crippen LogP contribution in [0.2, 0.25) is 0 Å². The van der Waals surface area contributed by atoms with Crippen molar-refractivity contribution in [2.24, 2.45) is 0 Å². The summed E-state index contributed by atoms with van der Waals surface area (Å²) in [6.07, 6.45) is 1.99. The summed E-state index contributed by atoms with van der Waals surface area (Å²) in [6, 6.07) is 2.48. The van der Waals surface area contributed by atoms with Gasteiger partial charge in [-0.2, -0.15) is 0 Å². The number of nitrogens with zero attached hydrogens (tertiary/aromatic N) is 2. The minimum Gasteiger partial charge on any atom is -0.490 e. The van der Waals surface area contributed by atoms with Gasteiger partial charge in [-0.1, -0.05) is 0 Å². The van der Waals surface area contributed by atoms with E-state index in [0.717, 1.165) is 32.0 Å². The number of hydrogen-bond acceptors (Lipinski definition) is 5. The van der Waals surface area contributed by atoms with Gasteiger partial charge in [-0.15, -0.1) is 0 Å². The van der Waals surface area contributed by atoms with Crippen molar-refractivity contribution < 1.29 is 14.1 Å². The molecule has 7 heteroatoms. The SMILES string of the molecule is COc1cc(N(C)C2CCCNC2)c(F)cc1[N+](=O)[O-]. The van der Waals surface area contributed by atoms with Gasteiger partial charge >= 0.3 is 5.69 Å². The smallest absolute Gasteiger partial charge is 0.313 e. The van der Waals surface area contributed by atoms with Crippen molar-refractivity contribution >= 4 is 11.4 Å². The molecule has 0 amide bonds. The Kier molecular flexibility index (Phi) is 4.39. The molecule has 0 aliphatic carbocycles. The third-order valence-electron chi connectivity index (χ3n) is 3.64. The zero-order valence-electron chi connectivity index (χ0n) is 11.6. The molecule has 1 atom stereocenters. The van der Waals surface area contributed by atoms with Crippen LogP contribution in [0.3, 0.4) is 0 Å². The Morgan fingerprint density at radius 3 is 2.85 bits per heavy atom. The van der Waals surface area contributed by atoms with Crippen LogP contribution in [0.5, 0.6) is 5.75 Å². The van der Waals surface area contributed by atoms with Crippen molar-refractivity contribution in [3.8, 4) is 5.75 Å². The average molecular weight is 283 g/mol. The summed E-state index contributed by atoms with van der Waals surface area (Å²) in [5.41, 5.74) is -0.0370. The number of nitro benzene ring substituents is 1. The van der Waals surface area contributed by atoms with E-state index in [1.807, 2.05) is 4.90 Å². The van der Waals surface area contributed by atoms with Crippen LogP contribution in [0.25, 0.3) is 0 Å². The average Bonchev–Trinajstić information content (AvgIpc) is 2.47. The van der Waals surface area contributed by atoms with Gasteiger partial charge in [0.05, 0.1) is 23.8 Å². The fourth-order valence-corrected chi connectivity index (χ4v) is 2.47. The molecule has 20 heavy (non-hydrogen) atoms. The van der Waals surface area contributed by atoms with E-state index in [0.29, 0.717) is 5.69 Å². The van der Waals surface area contributed by atoms with E-state index in [1.165, 1.54) is 13.2 Å². The summed E-state index contributed by atoms with van der Waals surface area (Å²) in [4.78, 5) is 12.0. The molecule has 0 aromatic heterocycles. The van der Waals surface area contributed by atoms with Crippen LogP contribution in [0.15, 0.2) is 12.1 Å². The Bertz CT molecular complexity index is 504. The minimum atomic E-state index is -0.645. The lowest BCUT2D eigenvalue weighted by Crippen LogP contribution is -2.44. The van der Waals surface area contributed by atoms with Crippen LogP contribution < -0.4 is 15.0 Å². The van der Waals surface area contributed by atoms with Crippen molar-refractivity contribution in [2.45, 2.75) is 18.9 Å². The fraction of sp³-hybridized carbons (Fsp3) is 0.538. The van der Waals surface area contributed by atoms with E-state index in [-0.39, 0.29) is 17.5 Å². The number of nitrogens with one attached hydrogen (secondary N) is 1. The zero-order chi connectivity index (χ0) is 14.7. The van der Waals surface area contributed by atoms with Crippen molar-refractivity contribution in [1.82, 2.24) is 5.32 Å². The summed E-state index contributed by atoms with van der Waals surface area (Å²) in [7, 11) is 3.13. The van der Waals surface area contributed by atoms with E-state index in [9.17, 15) is 14.5 Å². The molecule has 1 fully saturated rings. The summed E-state index contributed by atoms with van der Waals surface area (Å²) in [6.45, 7) is 1.74. The van der Waals surface area contributed by atoms with E-state index >= 15 is 0 Å². The molecule has 1 heterocycles. The highest BCUT2D eigenvalue weighted by atomic mass is 19.1. The molecule has 6 nitrogen and oxygen atoms in total. The Balaban J connectivity index is 2.33. The third kappa shape index (κ3) is 2.82. The molecule has 1 aliphatic heterocycles. The number of nitro groups is 1. The highest BCUT2D eigenvalue weighted by Crippen LogP contribution is 2.34. The van der Waals surface area contributed by atoms with Crippen molar-refractivity contribution in [3.63, 3.8) is 0 Å². The first-order valence-corrected chi connectivity index (χ1v) is 6.50. The highest BCUT2D eigenvalue weighted by Gasteiger charge is 2.25. The number of benzene rings is 1. The molecule has 0 saturated carbocycles. The van der Waals surface area contributed by atoms with Gasteiger partial charge in [-0.3, -0.25) is 10.1 Å². The van der Waals surface area contributed by atoms with Gasteiger partial charge in [0.25, 0.3) is 0 Å². The predicted octanol–water partition coefficient (Wildman–Crippen LogP) is 1.93. The van der Waals surface area contributed by atoms with Crippen LogP contribution in [-0.4, -0.2) is 38.2 Å². The minimum absolute atomic E-state index is 0.0713. The lowest BCUT2D eigenvalue weighted by Gasteiger charge is -2.33. The Morgan fingerprint density at radius 1 is 1.55 bits per heavy atom. The van der Waals surface area contributed by atoms with Crippen molar-refractivity contribution in [1.29, 1.82) is 0 Å². The molecular weight excluding hydrogens is 265 g/mol. The summed E-state index contributed by atoms with van der Waals surface area (Å²) in [5.74, 6) is -0.535. The number of anilines is 1. The Labute approximate surface area is 116 Å². The molecule has 110 valence electrons. The molecule has 0 radical (unpaired) electrons. The number of methoxy groups -OCH3 is 1. The maximum absolute atomic E-state index is 14.1. The monoisotopic (exact) mass is 283 g/mol. The zero-order valence-corrected chi connectivity index (χ0v) is 11.6. The number of halogens is 1. The third-order valence-corrected chi connectivity index (χ3v) is 3.64. The number of piperidine rings is 1. The van der Waals surface area contributed by atoms with Gasteiger partial charge in [0.2, 0.25) is 0 Å². The predicted molar refractivity (Wildman–Crippen MR) is 73.9 cm³/mol. The molecule has 1 saturated heterocycles. The maximum Gasteiger partial charge on any atom is 0.313 e. The second kappa shape index (κ2) is 6.04. The maximum atomic E-state index is 14.1. The van der Waals surface area contributed by atoms with Gasteiger partial charge < -0.3 is 15.0 Å². The molecule has 1 aliphatic rings. The highest BCUT2D eigenvalue weighted by molar-refractivity contribution is 5.60. The molecule has 1 N–H and O–H groups in total. The summed E-state index contributed by atoms with van der Waals surface area (Å²) < 4.78 is 19.1. The first kappa shape index (κ1) is 14.5. The Hall–Kier alpha value is -1.89. The summed E-state index contributed by atoms with van der Waals surface area (Å²) >= 11 is 0. The topological polar surface area (TPSA) is 67.6 Å². The van der Waals surface area contributed by atoms with Crippen LogP contribution in [0.4, 0.5) is 15.8 Å². The van der Waals surface area contributed by atoms with E-state index in [4.69, 9.17) is 4.74 Å². The second-order valence-corrected chi connectivity index (χ2v) is 4.84. The van der Waals surface area contributed by atoms with Gasteiger partial charge in [-0.05, 0) is 19.4 Å². The number of rotatable bonds is 4. The quantitative estimate of drug-likeness (QED) is 0.675. The lowest BCUT2D eigenvalue weighted by molar-refractivity contribution is -0.385. The Morgan fingerprint density at radius 2 is 2.30 bits per heavy atom. The van der Waals surface area contributed by atoms with Gasteiger partial charge in [0.1, 0.15) is 0 Å². The van der Waals surface area contributed by atoms with E-state index < -0.39 is 10.7 Å². The van der Waals surface area contributed by atoms with Crippen LogP contribution in [0, 0.1) is 15.9 Å². The normalized spacial score (nSPS) is 18.6. The number of hydrogen-bond donors (Lipinski definition) is 1. The molecule has 2 rings (SSSR count). The lowest BCUT2D eigenvalue weighted by atomic mass is 10.1. The molecule has 1 aromatic rings. The first-order chi connectivity index (χ1) is 9.54. The van der Waals surface area contributed by atoms with E-state index in [2.05, 4.69) is 5.32 Å². The second-order valence-electron chi connectivity index (χ2n) is 4.84.